The van der Waals surface area contributed by atoms with Gasteiger partial charge in [0.05, 0.1) is 17.4 Å². The van der Waals surface area contributed by atoms with Crippen LogP contribution in [0.1, 0.15) is 109 Å². The summed E-state index contributed by atoms with van der Waals surface area (Å²) in [5.41, 5.74) is -7.42. The Kier molecular flexibility index (Phi) is 28.0. The summed E-state index contributed by atoms with van der Waals surface area (Å²) in [6.07, 6.45) is -3.47. The quantitative estimate of drug-likeness (QED) is 0.0401. The molecule has 0 radical (unpaired) electrons. The second-order valence-electron chi connectivity index (χ2n) is 19.5. The van der Waals surface area contributed by atoms with Gasteiger partial charge in [-0.1, -0.05) is 0 Å². The van der Waals surface area contributed by atoms with Gasteiger partial charge in [-0.15, -0.1) is 50.6 Å². The van der Waals surface area contributed by atoms with Crippen molar-refractivity contribution in [1.82, 2.24) is 10.6 Å². The van der Waals surface area contributed by atoms with Crippen molar-refractivity contribution >= 4 is 36.1 Å². The molecular formula is C38H65N7O28. The Hall–Kier alpha value is -7.62. The molecule has 0 aliphatic heterocycles. The van der Waals surface area contributed by atoms with Crippen molar-refractivity contribution < 1.29 is 112 Å². The van der Waals surface area contributed by atoms with E-state index in [0.29, 0.717) is 0 Å². The molecule has 0 heterocycles. The van der Waals surface area contributed by atoms with Gasteiger partial charge in [0.1, 0.15) is 80.7 Å². The van der Waals surface area contributed by atoms with E-state index in [1.54, 1.807) is 83.1 Å². The molecule has 2 amide bonds. The number of carbonyl (C=O) groups is 6. The molecule has 0 aromatic rings. The van der Waals surface area contributed by atoms with Crippen LogP contribution in [0.15, 0.2) is 0 Å². The fourth-order valence-electron chi connectivity index (χ4n) is 4.74. The first-order valence-corrected chi connectivity index (χ1v) is 21.3. The first-order chi connectivity index (χ1) is 33.1. The molecule has 0 unspecified atom stereocenters. The molecule has 3 N–H and O–H groups in total. The summed E-state index contributed by atoms with van der Waals surface area (Å²) in [6, 6.07) is -2.63. The number of carbonyl (C=O) groups excluding carboxylic acids is 6. The topological polar surface area (TPSA) is 464 Å². The molecule has 0 saturated heterocycles. The first kappa shape index (κ1) is 67.5. The van der Waals surface area contributed by atoms with Crippen LogP contribution in [0, 0.1) is 61.4 Å². The van der Waals surface area contributed by atoms with Crippen molar-refractivity contribution in [2.45, 2.75) is 143 Å². The second-order valence-corrected chi connectivity index (χ2v) is 19.5. The van der Waals surface area contributed by atoms with E-state index in [1.165, 1.54) is 0 Å². The highest BCUT2D eigenvalue weighted by Gasteiger charge is 2.39. The van der Waals surface area contributed by atoms with E-state index in [9.17, 15) is 84.4 Å². The molecule has 0 aliphatic rings. The molecule has 35 nitrogen and oxygen atoms in total. The lowest BCUT2D eigenvalue weighted by molar-refractivity contribution is -0.782. The van der Waals surface area contributed by atoms with E-state index in [-0.39, 0.29) is 12.8 Å². The number of hydrogen-bond acceptors (Lipinski definition) is 28. The molecule has 73 heavy (non-hydrogen) atoms. The van der Waals surface area contributed by atoms with Crippen LogP contribution in [-0.4, -0.2) is 154 Å². The van der Waals surface area contributed by atoms with Gasteiger partial charge in [0.2, 0.25) is 0 Å². The molecule has 35 heteroatoms. The average molecular weight is 1070 g/mol. The predicted molar refractivity (Wildman–Crippen MR) is 235 cm³/mol. The lowest BCUT2D eigenvalue weighted by atomic mass is 9.92. The van der Waals surface area contributed by atoms with E-state index >= 15 is 0 Å². The maximum atomic E-state index is 12.6. The Morgan fingerprint density at radius 2 is 0.671 bits per heavy atom. The van der Waals surface area contributed by atoms with Crippen molar-refractivity contribution in [3.63, 3.8) is 0 Å². The number of aliphatic hydroxyl groups excluding tert-OH is 1. The van der Waals surface area contributed by atoms with Crippen molar-refractivity contribution in [1.29, 1.82) is 0 Å². The van der Waals surface area contributed by atoms with E-state index < -0.39 is 173 Å². The minimum Gasteiger partial charge on any atom is -0.465 e. The summed E-state index contributed by atoms with van der Waals surface area (Å²) in [4.78, 5) is 148. The monoisotopic (exact) mass is 1070 g/mol. The van der Waals surface area contributed by atoms with Gasteiger partial charge in [-0.05, 0) is 95.9 Å². The molecule has 0 rings (SSSR count). The van der Waals surface area contributed by atoms with Crippen LogP contribution in [0.4, 0.5) is 9.59 Å². The van der Waals surface area contributed by atoms with E-state index in [0.717, 1.165) is 0 Å². The Morgan fingerprint density at radius 3 is 0.904 bits per heavy atom. The highest BCUT2D eigenvalue weighted by Crippen LogP contribution is 2.23. The molecule has 2 atom stereocenters. The molecule has 420 valence electrons. The van der Waals surface area contributed by atoms with E-state index in [2.05, 4.69) is 34.8 Å². The van der Waals surface area contributed by atoms with Crippen LogP contribution in [0.25, 0.3) is 0 Å². The summed E-state index contributed by atoms with van der Waals surface area (Å²) in [5.74, 6) is -3.70. The maximum absolute atomic E-state index is 12.6. The molecule has 0 aromatic heterocycles. The summed E-state index contributed by atoms with van der Waals surface area (Å²) in [7, 11) is 0. The largest absolute Gasteiger partial charge is 0.465 e. The number of esters is 4. The van der Waals surface area contributed by atoms with Crippen LogP contribution in [0.2, 0.25) is 0 Å². The number of hydrogen-bond donors (Lipinski definition) is 3. The van der Waals surface area contributed by atoms with Crippen LogP contribution in [0.5, 0.6) is 0 Å². The fourth-order valence-corrected chi connectivity index (χ4v) is 4.74. The van der Waals surface area contributed by atoms with Crippen molar-refractivity contribution in [3.05, 3.63) is 50.6 Å². The van der Waals surface area contributed by atoms with E-state index in [1.807, 2.05) is 0 Å². The van der Waals surface area contributed by atoms with Gasteiger partial charge in [0.25, 0.3) is 25.4 Å². The summed E-state index contributed by atoms with van der Waals surface area (Å²) in [5, 5.41) is 60.8. The molecule has 0 aliphatic carbocycles. The molecular weight excluding hydrogens is 1000 g/mol. The summed E-state index contributed by atoms with van der Waals surface area (Å²) < 4.78 is 30.7. The Balaban J connectivity index is 0. The Morgan fingerprint density at radius 1 is 0.425 bits per heavy atom. The second kappa shape index (κ2) is 30.3. The molecule has 0 bridgehead atoms. The highest BCUT2D eigenvalue weighted by atomic mass is 17.0. The Labute approximate surface area is 415 Å². The van der Waals surface area contributed by atoms with Crippen LogP contribution < -0.4 is 10.6 Å². The fraction of sp³-hybridized carbons (Fsp3) is 0.842. The van der Waals surface area contributed by atoms with Gasteiger partial charge in [-0.2, -0.15) is 0 Å². The summed E-state index contributed by atoms with van der Waals surface area (Å²) in [6.45, 7) is 11.8. The first-order valence-electron chi connectivity index (χ1n) is 21.3. The predicted octanol–water partition coefficient (Wildman–Crippen LogP) is 2.10. The minimum atomic E-state index is -2.04. The molecule has 0 aromatic carbocycles. The zero-order valence-electron chi connectivity index (χ0n) is 42.3. The van der Waals surface area contributed by atoms with Gasteiger partial charge in [0.15, 0.2) is 0 Å². The molecule has 0 saturated carbocycles. The number of nitrogens with one attached hydrogen (secondary N) is 2. The number of ether oxygens (including phenoxy) is 6. The van der Waals surface area contributed by atoms with Crippen LogP contribution >= 0.6 is 0 Å². The van der Waals surface area contributed by atoms with Gasteiger partial charge < -0.3 is 68.3 Å². The third-order valence-corrected chi connectivity index (χ3v) is 7.83. The Bertz CT molecular complexity index is 1830. The number of rotatable bonds is 30. The smallest absolute Gasteiger partial charge is 0.408 e. The minimum absolute atomic E-state index is 0.268. The zero-order chi connectivity index (χ0) is 57.2. The number of alkyl carbamates (subject to hydrolysis) is 2. The lowest BCUT2D eigenvalue weighted by Crippen LogP contribution is -2.46. The van der Waals surface area contributed by atoms with E-state index in [4.69, 9.17) is 28.4 Å². The average Bonchev–Trinajstić information content (AvgIpc) is 3.20. The van der Waals surface area contributed by atoms with Crippen molar-refractivity contribution in [2.75, 3.05) is 52.9 Å². The van der Waals surface area contributed by atoms with Gasteiger partial charge in [0, 0.05) is 12.8 Å². The molecule has 0 fully saturated rings. The van der Waals surface area contributed by atoms with Crippen molar-refractivity contribution in [2.24, 2.45) is 10.8 Å². The lowest BCUT2D eigenvalue weighted by Gasteiger charge is -2.30. The maximum Gasteiger partial charge on any atom is 0.408 e. The standard InChI is InChI=1S/C19H32N4O15.C19H33N3O13/c1-17(2,3)37-15(25)13(20-16(26)38-18(4,5)6)7-8-14(24)33-9-19(10-34-21(27)28,11-35-22(29)30)12-36-23(31)32;1-17(2,3)34-15(25)13(20-16(26)35-18(4,5)6)7-8-14(24)31-10-19(9-23,11-32-21(27)28)12-33-22(29)30/h13H,7-12H2,1-6H3,(H,20,26);13,23H,7-12H2,1-6H3,(H,20,26)/t2*13-/m00/s1. The third kappa shape index (κ3) is 36.0. The van der Waals surface area contributed by atoms with Crippen LogP contribution in [0.3, 0.4) is 0 Å². The highest BCUT2D eigenvalue weighted by molar-refractivity contribution is 5.83. The number of nitrogens with zero attached hydrogens (tertiary/aromatic N) is 5. The SMILES string of the molecule is CC(C)(C)OC(=O)N[C@@H](CCC(=O)OCC(CO)(CO[N+](=O)[O-])CO[N+](=O)[O-])C(=O)OC(C)(C)C.CC(C)(C)OC(=O)N[C@@H](CCC(=O)OCC(CO[N+](=O)[O-])(CO[N+](=O)[O-])CO[N+](=O)[O-])C(=O)OC(C)(C)C. The molecule has 0 spiro atoms. The number of amides is 2. The van der Waals surface area contributed by atoms with Crippen molar-refractivity contribution in [3.8, 4) is 0 Å². The van der Waals surface area contributed by atoms with Gasteiger partial charge in [-0.25, -0.2) is 19.2 Å². The summed E-state index contributed by atoms with van der Waals surface area (Å²) >= 11 is 0. The zero-order valence-corrected chi connectivity index (χ0v) is 42.3. The van der Waals surface area contributed by atoms with Gasteiger partial charge >= 0.3 is 36.1 Å². The number of aliphatic hydroxyl groups is 1. The normalized spacial score (nSPS) is 12.5. The van der Waals surface area contributed by atoms with Gasteiger partial charge in [-0.3, -0.25) is 9.59 Å². The van der Waals surface area contributed by atoms with Crippen LogP contribution in [-0.2, 0) is 71.8 Å². The third-order valence-electron chi connectivity index (χ3n) is 7.83.